The first-order valence-corrected chi connectivity index (χ1v) is 7.12. The lowest BCUT2D eigenvalue weighted by atomic mass is 9.95. The molecule has 0 heterocycles. The Hall–Kier alpha value is -1.03. The fourth-order valence-corrected chi connectivity index (χ4v) is 2.78. The van der Waals surface area contributed by atoms with Crippen LogP contribution in [-0.2, 0) is 0 Å². The molecule has 4 heteroatoms. The molecule has 1 unspecified atom stereocenters. The molecule has 0 spiro atoms. The van der Waals surface area contributed by atoms with Crippen LogP contribution in [0.1, 0.15) is 43.7 Å². The Bertz CT molecular complexity index is 459. The quantitative estimate of drug-likeness (QED) is 0.502. The van der Waals surface area contributed by atoms with Gasteiger partial charge in [-0.2, -0.15) is 0 Å². The van der Waals surface area contributed by atoms with Crippen LogP contribution in [0.2, 0.25) is 5.02 Å². The number of halogens is 1. The molecule has 19 heavy (non-hydrogen) atoms. The average Bonchev–Trinajstić information content (AvgIpc) is 2.70. The van der Waals surface area contributed by atoms with Crippen molar-refractivity contribution in [3.8, 4) is 5.75 Å². The molecule has 0 saturated heterocycles. The number of methoxy groups -OCH3 is 1. The van der Waals surface area contributed by atoms with Crippen LogP contribution in [0.3, 0.4) is 0 Å². The van der Waals surface area contributed by atoms with Gasteiger partial charge in [0, 0.05) is 10.6 Å². The molecule has 1 aromatic carbocycles. The summed E-state index contributed by atoms with van der Waals surface area (Å²) in [6, 6.07) is 5.70. The number of benzene rings is 1. The van der Waals surface area contributed by atoms with Crippen molar-refractivity contribution in [2.75, 3.05) is 7.11 Å². The van der Waals surface area contributed by atoms with E-state index in [0.29, 0.717) is 5.02 Å². The van der Waals surface area contributed by atoms with E-state index in [0.717, 1.165) is 24.2 Å². The van der Waals surface area contributed by atoms with Gasteiger partial charge in [0.2, 0.25) is 0 Å². The number of hydrogen-bond donors (Lipinski definition) is 2. The first kappa shape index (κ1) is 14.4. The summed E-state index contributed by atoms with van der Waals surface area (Å²) >= 11 is 6.01. The Kier molecular flexibility index (Phi) is 5.25. The zero-order chi connectivity index (χ0) is 13.7. The number of nitrogens with one attached hydrogen (secondary N) is 1. The fraction of sp³-hybridized carbons (Fsp3) is 0.467. The highest BCUT2D eigenvalue weighted by Crippen LogP contribution is 2.35. The number of hydrazine groups is 1. The van der Waals surface area contributed by atoms with Gasteiger partial charge in [0.25, 0.3) is 0 Å². The molecule has 0 amide bonds. The summed E-state index contributed by atoms with van der Waals surface area (Å²) < 4.78 is 5.42. The molecule has 1 aliphatic rings. The van der Waals surface area contributed by atoms with Gasteiger partial charge in [-0.15, -0.1) is 0 Å². The Morgan fingerprint density at radius 3 is 2.89 bits per heavy atom. The van der Waals surface area contributed by atoms with Crippen molar-refractivity contribution in [3.63, 3.8) is 0 Å². The van der Waals surface area contributed by atoms with E-state index in [9.17, 15) is 0 Å². The number of rotatable bonds is 4. The van der Waals surface area contributed by atoms with Crippen LogP contribution in [-0.4, -0.2) is 7.11 Å². The summed E-state index contributed by atoms with van der Waals surface area (Å²) in [5.41, 5.74) is 5.31. The van der Waals surface area contributed by atoms with Crippen molar-refractivity contribution >= 4 is 11.6 Å². The minimum atomic E-state index is 0.00492. The van der Waals surface area contributed by atoms with E-state index in [1.807, 2.05) is 18.2 Å². The first-order valence-electron chi connectivity index (χ1n) is 6.74. The standard InChI is InChI=1S/C15H21ClN2O/c1-19-14-10-12(16)8-9-13(14)15(18-17)11-6-4-2-3-5-7-11/h6,8-10,15,18H,2-5,7,17H2,1H3. The van der Waals surface area contributed by atoms with Gasteiger partial charge in [-0.25, -0.2) is 5.43 Å². The third kappa shape index (κ3) is 3.50. The molecule has 0 aromatic heterocycles. The molecule has 1 aliphatic carbocycles. The monoisotopic (exact) mass is 280 g/mol. The molecule has 104 valence electrons. The van der Waals surface area contributed by atoms with Gasteiger partial charge in [-0.1, -0.05) is 35.7 Å². The highest BCUT2D eigenvalue weighted by atomic mass is 35.5. The lowest BCUT2D eigenvalue weighted by molar-refractivity contribution is 0.403. The van der Waals surface area contributed by atoms with Crippen LogP contribution in [0.5, 0.6) is 5.75 Å². The maximum atomic E-state index is 6.01. The van der Waals surface area contributed by atoms with Crippen molar-refractivity contribution in [2.45, 2.75) is 38.1 Å². The third-order valence-electron chi connectivity index (χ3n) is 3.62. The predicted molar refractivity (Wildman–Crippen MR) is 79.2 cm³/mol. The minimum absolute atomic E-state index is 0.00492. The maximum absolute atomic E-state index is 6.01. The molecule has 0 aliphatic heterocycles. The molecule has 0 radical (unpaired) electrons. The van der Waals surface area contributed by atoms with E-state index in [-0.39, 0.29) is 6.04 Å². The van der Waals surface area contributed by atoms with Crippen LogP contribution in [0.15, 0.2) is 29.8 Å². The minimum Gasteiger partial charge on any atom is -0.496 e. The van der Waals surface area contributed by atoms with Gasteiger partial charge < -0.3 is 4.74 Å². The highest BCUT2D eigenvalue weighted by molar-refractivity contribution is 6.30. The van der Waals surface area contributed by atoms with Crippen LogP contribution < -0.4 is 16.0 Å². The Morgan fingerprint density at radius 1 is 1.32 bits per heavy atom. The molecule has 3 nitrogen and oxygen atoms in total. The van der Waals surface area contributed by atoms with E-state index in [4.69, 9.17) is 22.2 Å². The van der Waals surface area contributed by atoms with Gasteiger partial charge in [0.15, 0.2) is 0 Å². The molecule has 2 rings (SSSR count). The van der Waals surface area contributed by atoms with Crippen molar-refractivity contribution in [3.05, 3.63) is 40.4 Å². The molecule has 3 N–H and O–H groups in total. The predicted octanol–water partition coefficient (Wildman–Crippen LogP) is 3.74. The maximum Gasteiger partial charge on any atom is 0.125 e. The number of ether oxygens (including phenoxy) is 1. The summed E-state index contributed by atoms with van der Waals surface area (Å²) in [5, 5.41) is 0.672. The second-order valence-electron chi connectivity index (χ2n) is 4.86. The molecule has 0 fully saturated rings. The zero-order valence-corrected chi connectivity index (χ0v) is 12.0. The zero-order valence-electron chi connectivity index (χ0n) is 11.3. The lowest BCUT2D eigenvalue weighted by Gasteiger charge is -2.22. The van der Waals surface area contributed by atoms with Gasteiger partial charge >= 0.3 is 0 Å². The molecular formula is C15H21ClN2O. The van der Waals surface area contributed by atoms with Crippen LogP contribution in [0.4, 0.5) is 0 Å². The highest BCUT2D eigenvalue weighted by Gasteiger charge is 2.20. The fourth-order valence-electron chi connectivity index (χ4n) is 2.62. The third-order valence-corrected chi connectivity index (χ3v) is 3.86. The summed E-state index contributed by atoms with van der Waals surface area (Å²) in [5.74, 6) is 6.55. The summed E-state index contributed by atoms with van der Waals surface area (Å²) in [6.45, 7) is 0. The van der Waals surface area contributed by atoms with Crippen LogP contribution in [0.25, 0.3) is 0 Å². The van der Waals surface area contributed by atoms with E-state index in [2.05, 4.69) is 11.5 Å². The normalized spacial score (nSPS) is 17.5. The Labute approximate surface area is 119 Å². The van der Waals surface area contributed by atoms with Gasteiger partial charge in [-0.3, -0.25) is 5.84 Å². The Balaban J connectivity index is 2.33. The largest absolute Gasteiger partial charge is 0.496 e. The lowest BCUT2D eigenvalue weighted by Crippen LogP contribution is -2.29. The topological polar surface area (TPSA) is 47.3 Å². The first-order chi connectivity index (χ1) is 9.26. The van der Waals surface area contributed by atoms with Crippen LogP contribution >= 0.6 is 11.6 Å². The number of allylic oxidation sites excluding steroid dienone is 1. The van der Waals surface area contributed by atoms with E-state index < -0.39 is 0 Å². The second kappa shape index (κ2) is 6.94. The second-order valence-corrected chi connectivity index (χ2v) is 5.30. The van der Waals surface area contributed by atoms with E-state index in [1.165, 1.54) is 24.8 Å². The summed E-state index contributed by atoms with van der Waals surface area (Å²) in [7, 11) is 1.66. The van der Waals surface area contributed by atoms with Gasteiger partial charge in [0.1, 0.15) is 5.75 Å². The molecule has 1 atom stereocenters. The number of hydrogen-bond acceptors (Lipinski definition) is 3. The summed E-state index contributed by atoms with van der Waals surface area (Å²) in [4.78, 5) is 0. The Morgan fingerprint density at radius 2 is 2.16 bits per heavy atom. The SMILES string of the molecule is COc1cc(Cl)ccc1C(NN)C1=CCCCCC1. The van der Waals surface area contributed by atoms with Gasteiger partial charge in [-0.05, 0) is 37.8 Å². The van der Waals surface area contributed by atoms with Crippen molar-refractivity contribution in [2.24, 2.45) is 5.84 Å². The van der Waals surface area contributed by atoms with Crippen molar-refractivity contribution in [1.82, 2.24) is 5.43 Å². The smallest absolute Gasteiger partial charge is 0.125 e. The van der Waals surface area contributed by atoms with E-state index >= 15 is 0 Å². The van der Waals surface area contributed by atoms with Crippen LogP contribution in [0, 0.1) is 0 Å². The molecule has 0 saturated carbocycles. The number of nitrogens with two attached hydrogens (primary N) is 1. The van der Waals surface area contributed by atoms with Gasteiger partial charge in [0.05, 0.1) is 13.2 Å². The molecule has 1 aromatic rings. The van der Waals surface area contributed by atoms with Crippen molar-refractivity contribution in [1.29, 1.82) is 0 Å². The average molecular weight is 281 g/mol. The van der Waals surface area contributed by atoms with E-state index in [1.54, 1.807) is 7.11 Å². The molecule has 0 bridgehead atoms. The van der Waals surface area contributed by atoms with Crippen molar-refractivity contribution < 1.29 is 4.74 Å². The molecular weight excluding hydrogens is 260 g/mol. The summed E-state index contributed by atoms with van der Waals surface area (Å²) in [6.07, 6.45) is 8.29.